The Balaban J connectivity index is 2.20. The predicted octanol–water partition coefficient (Wildman–Crippen LogP) is 3.19. The molecule has 1 aromatic rings. The van der Waals surface area contributed by atoms with Gasteiger partial charge in [-0.05, 0) is 18.1 Å². The molecule has 0 aromatic heterocycles. The second kappa shape index (κ2) is 4.35. The monoisotopic (exact) mass is 198 g/mol. The maximum absolute atomic E-state index is 2.26. The van der Waals surface area contributed by atoms with Crippen LogP contribution in [0.4, 0.5) is 5.69 Å². The molecule has 0 fully saturated rings. The first-order chi connectivity index (χ1) is 7.27. The minimum absolute atomic E-state index is 1.06. The van der Waals surface area contributed by atoms with Crippen LogP contribution < -0.4 is 4.90 Å². The van der Waals surface area contributed by atoms with E-state index in [1.807, 2.05) is 0 Å². The molecule has 1 aromatic carbocycles. The van der Waals surface area contributed by atoms with Gasteiger partial charge in [-0.15, -0.1) is 0 Å². The molecule has 1 nitrogen and oxygen atoms in total. The molecular weight excluding hydrogens is 182 g/mol. The lowest BCUT2D eigenvalue weighted by molar-refractivity contribution is 1.11. The normalized spacial score (nSPS) is 14.1. The van der Waals surface area contributed by atoms with Crippen molar-refractivity contribution in [2.24, 2.45) is 0 Å². The Hall–Kier alpha value is -1.50. The maximum atomic E-state index is 2.26. The average molecular weight is 198 g/mol. The van der Waals surface area contributed by atoms with Crippen LogP contribution in [-0.4, -0.2) is 14.1 Å². The lowest BCUT2D eigenvalue weighted by Gasteiger charge is -2.17. The zero-order valence-corrected chi connectivity index (χ0v) is 9.27. The number of para-hydroxylation sites is 1. The second-order valence-electron chi connectivity index (χ2n) is 3.97. The van der Waals surface area contributed by atoms with Crippen LogP contribution in [0.25, 0.3) is 0 Å². The molecule has 1 aliphatic rings. The van der Waals surface area contributed by atoms with E-state index in [0.29, 0.717) is 0 Å². The lowest BCUT2D eigenvalue weighted by atomic mass is 10.0. The summed E-state index contributed by atoms with van der Waals surface area (Å²) < 4.78 is 0. The van der Waals surface area contributed by atoms with E-state index in [0.717, 1.165) is 6.42 Å². The van der Waals surface area contributed by atoms with E-state index >= 15 is 0 Å². The summed E-state index contributed by atoms with van der Waals surface area (Å²) in [5.41, 5.74) is 3.94. The number of hydrogen-bond acceptors (Lipinski definition) is 1. The van der Waals surface area contributed by atoms with Crippen molar-refractivity contribution < 1.29 is 0 Å². The van der Waals surface area contributed by atoms with Gasteiger partial charge in [-0.3, -0.25) is 0 Å². The third-order valence-electron chi connectivity index (χ3n) is 2.56. The molecule has 0 saturated carbocycles. The SMILES string of the molecule is CN(C)c1ccccc1[CH]C1=CC=CC1. The van der Waals surface area contributed by atoms with E-state index in [-0.39, 0.29) is 0 Å². The highest BCUT2D eigenvalue weighted by Crippen LogP contribution is 2.25. The first-order valence-electron chi connectivity index (χ1n) is 5.24. The van der Waals surface area contributed by atoms with Gasteiger partial charge in [0, 0.05) is 26.2 Å². The summed E-state index contributed by atoms with van der Waals surface area (Å²) in [6, 6.07) is 8.47. The Morgan fingerprint density at radius 3 is 2.67 bits per heavy atom. The Labute approximate surface area is 91.7 Å². The first-order valence-corrected chi connectivity index (χ1v) is 5.24. The number of benzene rings is 1. The number of hydrogen-bond donors (Lipinski definition) is 0. The van der Waals surface area contributed by atoms with Gasteiger partial charge in [0.15, 0.2) is 0 Å². The Kier molecular flexibility index (Phi) is 2.91. The van der Waals surface area contributed by atoms with Crippen LogP contribution in [0.5, 0.6) is 0 Å². The summed E-state index contributed by atoms with van der Waals surface area (Å²) in [4.78, 5) is 2.15. The molecule has 2 rings (SSSR count). The molecule has 1 radical (unpaired) electrons. The van der Waals surface area contributed by atoms with E-state index in [4.69, 9.17) is 0 Å². The molecule has 0 saturated heterocycles. The molecular formula is C14H16N. The Morgan fingerprint density at radius 2 is 2.00 bits per heavy atom. The molecule has 0 heterocycles. The third-order valence-corrected chi connectivity index (χ3v) is 2.56. The fraction of sp³-hybridized carbons (Fsp3) is 0.214. The largest absolute Gasteiger partial charge is 0.377 e. The smallest absolute Gasteiger partial charge is 0.0400 e. The molecule has 0 spiro atoms. The Bertz CT molecular complexity index is 400. The number of nitrogens with zero attached hydrogens (tertiary/aromatic N) is 1. The molecule has 0 amide bonds. The minimum atomic E-state index is 1.06. The third kappa shape index (κ3) is 2.30. The zero-order chi connectivity index (χ0) is 10.7. The molecule has 77 valence electrons. The van der Waals surface area contributed by atoms with Crippen LogP contribution in [0.1, 0.15) is 12.0 Å². The molecule has 0 unspecified atom stereocenters. The number of rotatable bonds is 3. The van der Waals surface area contributed by atoms with Crippen molar-refractivity contribution in [1.29, 1.82) is 0 Å². The Morgan fingerprint density at radius 1 is 1.20 bits per heavy atom. The average Bonchev–Trinajstić information content (AvgIpc) is 2.71. The van der Waals surface area contributed by atoms with Gasteiger partial charge in [-0.25, -0.2) is 0 Å². The van der Waals surface area contributed by atoms with Crippen molar-refractivity contribution in [2.75, 3.05) is 19.0 Å². The van der Waals surface area contributed by atoms with E-state index in [1.165, 1.54) is 16.8 Å². The maximum Gasteiger partial charge on any atom is 0.0400 e. The second-order valence-corrected chi connectivity index (χ2v) is 3.97. The van der Waals surface area contributed by atoms with Gasteiger partial charge in [0.2, 0.25) is 0 Å². The van der Waals surface area contributed by atoms with Gasteiger partial charge in [-0.2, -0.15) is 0 Å². The lowest BCUT2D eigenvalue weighted by Crippen LogP contribution is -2.10. The highest BCUT2D eigenvalue weighted by atomic mass is 15.1. The van der Waals surface area contributed by atoms with Crippen LogP contribution in [-0.2, 0) is 0 Å². The molecule has 0 aliphatic heterocycles. The van der Waals surface area contributed by atoms with Crippen molar-refractivity contribution in [3.05, 3.63) is 60.1 Å². The van der Waals surface area contributed by atoms with Gasteiger partial charge < -0.3 is 4.90 Å². The standard InChI is InChI=1S/C14H16N/c1-15(2)14-10-6-5-9-13(14)11-12-7-3-4-8-12/h3-7,9-11H,8H2,1-2H3. The highest BCUT2D eigenvalue weighted by molar-refractivity contribution is 5.58. The predicted molar refractivity (Wildman–Crippen MR) is 66.0 cm³/mol. The van der Waals surface area contributed by atoms with Crippen molar-refractivity contribution in [1.82, 2.24) is 0 Å². The van der Waals surface area contributed by atoms with Crippen LogP contribution >= 0.6 is 0 Å². The molecule has 1 heteroatoms. The summed E-state index contributed by atoms with van der Waals surface area (Å²) in [7, 11) is 4.15. The van der Waals surface area contributed by atoms with Gasteiger partial charge in [-0.1, -0.05) is 42.0 Å². The summed E-state index contributed by atoms with van der Waals surface area (Å²) >= 11 is 0. The quantitative estimate of drug-likeness (QED) is 0.721. The first kappa shape index (κ1) is 10.0. The van der Waals surface area contributed by atoms with Crippen molar-refractivity contribution in [3.8, 4) is 0 Å². The highest BCUT2D eigenvalue weighted by Gasteiger charge is 2.07. The van der Waals surface area contributed by atoms with Gasteiger partial charge in [0.25, 0.3) is 0 Å². The van der Waals surface area contributed by atoms with Gasteiger partial charge in [0.1, 0.15) is 0 Å². The fourth-order valence-corrected chi connectivity index (χ4v) is 1.79. The van der Waals surface area contributed by atoms with Crippen LogP contribution in [0.15, 0.2) is 48.1 Å². The van der Waals surface area contributed by atoms with Crippen molar-refractivity contribution >= 4 is 5.69 Å². The van der Waals surface area contributed by atoms with Gasteiger partial charge >= 0.3 is 0 Å². The summed E-state index contributed by atoms with van der Waals surface area (Å²) in [5.74, 6) is 0. The molecule has 15 heavy (non-hydrogen) atoms. The van der Waals surface area contributed by atoms with E-state index in [2.05, 4.69) is 67.9 Å². The zero-order valence-electron chi connectivity index (χ0n) is 9.27. The topological polar surface area (TPSA) is 3.24 Å². The summed E-state index contributed by atoms with van der Waals surface area (Å²) in [6.07, 6.45) is 9.79. The summed E-state index contributed by atoms with van der Waals surface area (Å²) in [6.45, 7) is 0. The van der Waals surface area contributed by atoms with Crippen LogP contribution in [0.3, 0.4) is 0 Å². The van der Waals surface area contributed by atoms with Crippen molar-refractivity contribution in [3.63, 3.8) is 0 Å². The molecule has 1 aliphatic carbocycles. The summed E-state index contributed by atoms with van der Waals surface area (Å²) in [5, 5.41) is 0. The van der Waals surface area contributed by atoms with Crippen molar-refractivity contribution in [2.45, 2.75) is 6.42 Å². The molecule has 0 atom stereocenters. The minimum Gasteiger partial charge on any atom is -0.377 e. The van der Waals surface area contributed by atoms with E-state index < -0.39 is 0 Å². The fourth-order valence-electron chi connectivity index (χ4n) is 1.79. The van der Waals surface area contributed by atoms with Crippen LogP contribution in [0, 0.1) is 6.42 Å². The molecule has 0 bridgehead atoms. The van der Waals surface area contributed by atoms with Crippen LogP contribution in [0.2, 0.25) is 0 Å². The van der Waals surface area contributed by atoms with Gasteiger partial charge in [0.05, 0.1) is 0 Å². The number of anilines is 1. The number of allylic oxidation sites excluding steroid dienone is 4. The van der Waals surface area contributed by atoms with E-state index in [1.54, 1.807) is 0 Å². The van der Waals surface area contributed by atoms with E-state index in [9.17, 15) is 0 Å². The molecule has 0 N–H and O–H groups in total.